The Bertz CT molecular complexity index is 1390. The summed E-state index contributed by atoms with van der Waals surface area (Å²) >= 11 is 0. The zero-order valence-electron chi connectivity index (χ0n) is 20.4. The van der Waals surface area contributed by atoms with Crippen molar-refractivity contribution in [1.29, 1.82) is 0 Å². The Morgan fingerprint density at radius 3 is 2.54 bits per heavy atom. The van der Waals surface area contributed by atoms with Crippen molar-refractivity contribution in [2.24, 2.45) is 0 Å². The summed E-state index contributed by atoms with van der Waals surface area (Å²) in [6.45, 7) is 5.87. The molecule has 2 aromatic carbocycles. The van der Waals surface area contributed by atoms with Crippen molar-refractivity contribution >= 4 is 28.3 Å². The van der Waals surface area contributed by atoms with Crippen molar-refractivity contribution < 1.29 is 28.8 Å². The van der Waals surface area contributed by atoms with Crippen LogP contribution in [-0.4, -0.2) is 70.9 Å². The van der Waals surface area contributed by atoms with Gasteiger partial charge in [0.25, 0.3) is 11.6 Å². The van der Waals surface area contributed by atoms with Crippen LogP contribution < -0.4 is 0 Å². The van der Waals surface area contributed by atoms with Gasteiger partial charge in [-0.1, -0.05) is 11.6 Å². The molecule has 0 bridgehead atoms. The van der Waals surface area contributed by atoms with E-state index in [0.29, 0.717) is 30.8 Å². The van der Waals surface area contributed by atoms with Gasteiger partial charge in [0.15, 0.2) is 11.5 Å². The van der Waals surface area contributed by atoms with Crippen LogP contribution in [0.2, 0.25) is 0 Å². The van der Waals surface area contributed by atoms with Gasteiger partial charge in [-0.15, -0.1) is 0 Å². The predicted molar refractivity (Wildman–Crippen MR) is 134 cm³/mol. The molecule has 1 unspecified atom stereocenters. The summed E-state index contributed by atoms with van der Waals surface area (Å²) in [5.74, 6) is -1.87. The van der Waals surface area contributed by atoms with Crippen LogP contribution in [0.4, 0.5) is 5.69 Å². The molecule has 192 valence electrons. The lowest BCUT2D eigenvalue weighted by atomic mass is 9.94. The number of hydrogen-bond acceptors (Lipinski definition) is 8. The second-order valence-electron chi connectivity index (χ2n) is 9.30. The fraction of sp³-hybridized carbons (Fsp3) is 0.333. The molecular weight excluding hydrogens is 478 g/mol. The average Bonchev–Trinajstić information content (AvgIpc) is 3.43. The number of rotatable bonds is 8. The molecule has 0 radical (unpaired) electrons. The predicted octanol–water partition coefficient (Wildman–Crippen LogP) is 3.95. The van der Waals surface area contributed by atoms with Crippen LogP contribution in [0.25, 0.3) is 11.0 Å². The van der Waals surface area contributed by atoms with Gasteiger partial charge >= 0.3 is 0 Å². The average molecular weight is 506 g/mol. The minimum absolute atomic E-state index is 0.0111. The lowest BCUT2D eigenvalue weighted by molar-refractivity contribution is -0.384. The molecule has 1 amide bonds. The van der Waals surface area contributed by atoms with E-state index >= 15 is 0 Å². The van der Waals surface area contributed by atoms with Gasteiger partial charge < -0.3 is 19.2 Å². The van der Waals surface area contributed by atoms with E-state index in [9.17, 15) is 24.8 Å². The summed E-state index contributed by atoms with van der Waals surface area (Å²) in [4.78, 5) is 41.2. The number of benzene rings is 2. The molecule has 1 aromatic heterocycles. The van der Waals surface area contributed by atoms with Crippen LogP contribution in [0, 0.1) is 17.0 Å². The summed E-state index contributed by atoms with van der Waals surface area (Å²) in [6, 6.07) is 11.9. The van der Waals surface area contributed by atoms with Crippen LogP contribution in [0.3, 0.4) is 0 Å². The van der Waals surface area contributed by atoms with Crippen LogP contribution in [0.15, 0.2) is 64.3 Å². The van der Waals surface area contributed by atoms with E-state index in [0.717, 1.165) is 30.6 Å². The normalized spacial score (nSPS) is 18.7. The number of aryl methyl sites for hydroxylation is 1. The molecule has 1 saturated heterocycles. The number of carbonyl (C=O) groups excluding carboxylic acids is 2. The van der Waals surface area contributed by atoms with E-state index in [4.69, 9.17) is 9.15 Å². The molecule has 1 atom stereocenters. The van der Waals surface area contributed by atoms with Gasteiger partial charge in [-0.2, -0.15) is 0 Å². The molecule has 37 heavy (non-hydrogen) atoms. The summed E-state index contributed by atoms with van der Waals surface area (Å²) < 4.78 is 11.2. The maximum Gasteiger partial charge on any atom is 0.290 e. The first kappa shape index (κ1) is 24.7. The Hall–Kier alpha value is -4.02. The molecule has 1 fully saturated rings. The Kier molecular flexibility index (Phi) is 6.77. The molecule has 5 rings (SSSR count). The molecule has 0 aliphatic carbocycles. The maximum absolute atomic E-state index is 13.7. The van der Waals surface area contributed by atoms with Gasteiger partial charge in [0.05, 0.1) is 29.8 Å². The zero-order chi connectivity index (χ0) is 26.1. The monoisotopic (exact) mass is 505 g/mol. The standard InChI is InChI=1S/C27H27N3O7/c1-17-3-8-21-19(15-17)16-22(37-21)25(31)23-24(18-4-6-20(7-5-18)30(34)35)29(27(33)26(23)32)10-2-9-28-11-13-36-14-12-28/h3-8,15-16,24,32H,2,9-14H2,1H3. The third-order valence-corrected chi connectivity index (χ3v) is 6.84. The minimum atomic E-state index is -0.902. The number of nitro benzene ring substituents is 1. The highest BCUT2D eigenvalue weighted by Crippen LogP contribution is 2.40. The zero-order valence-corrected chi connectivity index (χ0v) is 20.4. The Balaban J connectivity index is 1.47. The fourth-order valence-corrected chi connectivity index (χ4v) is 4.94. The highest BCUT2D eigenvalue weighted by atomic mass is 16.6. The molecule has 3 heterocycles. The number of fused-ring (bicyclic) bond motifs is 1. The number of non-ortho nitro benzene ring substituents is 1. The highest BCUT2D eigenvalue weighted by molar-refractivity contribution is 6.16. The number of ketones is 1. The number of morpholine rings is 1. The van der Waals surface area contributed by atoms with Gasteiger partial charge in [0.2, 0.25) is 5.78 Å². The summed E-state index contributed by atoms with van der Waals surface area (Å²) in [6.07, 6.45) is 0.619. The number of furan rings is 1. The van der Waals surface area contributed by atoms with Crippen molar-refractivity contribution in [3.8, 4) is 0 Å². The first-order valence-corrected chi connectivity index (χ1v) is 12.2. The molecule has 2 aliphatic rings. The first-order valence-electron chi connectivity index (χ1n) is 12.2. The quantitative estimate of drug-likeness (QED) is 0.277. The molecule has 10 heteroatoms. The number of Topliss-reactive ketones (excluding diaryl/α,β-unsaturated/α-hetero) is 1. The second kappa shape index (κ2) is 10.2. The third kappa shape index (κ3) is 4.85. The summed E-state index contributed by atoms with van der Waals surface area (Å²) in [5.41, 5.74) is 1.81. The van der Waals surface area contributed by atoms with E-state index in [1.165, 1.54) is 29.2 Å². The number of amides is 1. The van der Waals surface area contributed by atoms with Crippen LogP contribution in [-0.2, 0) is 9.53 Å². The molecule has 0 saturated carbocycles. The number of aliphatic hydroxyl groups excluding tert-OH is 1. The number of aliphatic hydroxyl groups is 1. The van der Waals surface area contributed by atoms with E-state index in [1.807, 2.05) is 19.1 Å². The number of hydrogen-bond donors (Lipinski definition) is 1. The van der Waals surface area contributed by atoms with Crippen LogP contribution >= 0.6 is 0 Å². The molecule has 10 nitrogen and oxygen atoms in total. The Morgan fingerprint density at radius 1 is 1.11 bits per heavy atom. The Morgan fingerprint density at radius 2 is 1.84 bits per heavy atom. The number of nitrogens with zero attached hydrogens (tertiary/aromatic N) is 3. The number of carbonyl (C=O) groups is 2. The van der Waals surface area contributed by atoms with Crippen molar-refractivity contribution in [3.05, 3.63) is 86.9 Å². The van der Waals surface area contributed by atoms with Crippen molar-refractivity contribution in [3.63, 3.8) is 0 Å². The van der Waals surface area contributed by atoms with E-state index in [-0.39, 0.29) is 23.6 Å². The largest absolute Gasteiger partial charge is 0.503 e. The Labute approximate surface area is 212 Å². The lowest BCUT2D eigenvalue weighted by Gasteiger charge is -2.29. The second-order valence-corrected chi connectivity index (χ2v) is 9.30. The maximum atomic E-state index is 13.7. The minimum Gasteiger partial charge on any atom is -0.503 e. The van der Waals surface area contributed by atoms with Crippen molar-refractivity contribution in [2.45, 2.75) is 19.4 Å². The van der Waals surface area contributed by atoms with Crippen LogP contribution in [0.1, 0.15) is 34.1 Å². The van der Waals surface area contributed by atoms with E-state index in [2.05, 4.69) is 4.90 Å². The molecule has 2 aliphatic heterocycles. The highest BCUT2D eigenvalue weighted by Gasteiger charge is 2.44. The van der Waals surface area contributed by atoms with Crippen molar-refractivity contribution in [1.82, 2.24) is 9.80 Å². The van der Waals surface area contributed by atoms with Gasteiger partial charge in [-0.3, -0.25) is 24.6 Å². The SMILES string of the molecule is Cc1ccc2oc(C(=O)C3=C(O)C(=O)N(CCCN4CCOCC4)C3c3ccc([N+](=O)[O-])cc3)cc2c1. The topological polar surface area (TPSA) is 126 Å². The van der Waals surface area contributed by atoms with Gasteiger partial charge in [-0.25, -0.2) is 0 Å². The molecule has 1 N–H and O–H groups in total. The lowest BCUT2D eigenvalue weighted by Crippen LogP contribution is -2.39. The number of nitro groups is 1. The summed E-state index contributed by atoms with van der Waals surface area (Å²) in [5, 5.41) is 22.8. The number of ether oxygens (including phenoxy) is 1. The molecular formula is C27H27N3O7. The van der Waals surface area contributed by atoms with E-state index < -0.39 is 28.4 Å². The van der Waals surface area contributed by atoms with Gasteiger partial charge in [0, 0.05) is 43.7 Å². The molecule has 3 aromatic rings. The molecule has 0 spiro atoms. The van der Waals surface area contributed by atoms with Crippen LogP contribution in [0.5, 0.6) is 0 Å². The summed E-state index contributed by atoms with van der Waals surface area (Å²) in [7, 11) is 0. The third-order valence-electron chi connectivity index (χ3n) is 6.84. The van der Waals surface area contributed by atoms with Gasteiger partial charge in [0.1, 0.15) is 5.58 Å². The van der Waals surface area contributed by atoms with Gasteiger partial charge in [-0.05, 0) is 49.2 Å². The van der Waals surface area contributed by atoms with Crippen molar-refractivity contribution in [2.75, 3.05) is 39.4 Å². The van der Waals surface area contributed by atoms with E-state index in [1.54, 1.807) is 12.1 Å². The fourth-order valence-electron chi connectivity index (χ4n) is 4.94. The first-order chi connectivity index (χ1) is 17.8. The smallest absolute Gasteiger partial charge is 0.290 e.